The van der Waals surface area contributed by atoms with Crippen molar-refractivity contribution < 1.29 is 9.21 Å². The third-order valence-corrected chi connectivity index (χ3v) is 3.72. The van der Waals surface area contributed by atoms with Gasteiger partial charge in [-0.15, -0.1) is 11.8 Å². The van der Waals surface area contributed by atoms with Crippen LogP contribution in [-0.2, 0) is 5.75 Å². The summed E-state index contributed by atoms with van der Waals surface area (Å²) in [6, 6.07) is 7.43. The van der Waals surface area contributed by atoms with Gasteiger partial charge in [-0.25, -0.2) is 5.84 Å². The van der Waals surface area contributed by atoms with Crippen molar-refractivity contribution in [2.75, 3.05) is 5.73 Å². The number of amides is 1. The lowest BCUT2D eigenvalue weighted by atomic mass is 10.2. The van der Waals surface area contributed by atoms with Crippen LogP contribution < -0.4 is 17.0 Å². The maximum atomic E-state index is 11.5. The summed E-state index contributed by atoms with van der Waals surface area (Å²) in [6.45, 7) is 2.00. The van der Waals surface area contributed by atoms with E-state index in [9.17, 15) is 4.79 Å². The standard InChI is InChI=1S/C13H15N3O2S/c1-8-2-3-10(14)12(6-8)19-7-11-9(4-5-18-11)13(17)16-15/h2-6H,7,14-15H2,1H3,(H,16,17). The minimum atomic E-state index is -0.360. The van der Waals surface area contributed by atoms with Gasteiger partial charge < -0.3 is 10.2 Å². The lowest BCUT2D eigenvalue weighted by Gasteiger charge is -2.06. The minimum Gasteiger partial charge on any atom is -0.468 e. The highest BCUT2D eigenvalue weighted by Gasteiger charge is 2.14. The van der Waals surface area contributed by atoms with E-state index in [0.29, 0.717) is 22.8 Å². The van der Waals surface area contributed by atoms with Crippen LogP contribution in [0.1, 0.15) is 21.7 Å². The van der Waals surface area contributed by atoms with E-state index in [1.54, 1.807) is 6.07 Å². The predicted octanol–water partition coefficient (Wildman–Crippen LogP) is 2.07. The van der Waals surface area contributed by atoms with E-state index in [2.05, 4.69) is 5.43 Å². The van der Waals surface area contributed by atoms with Crippen LogP contribution in [0.15, 0.2) is 39.8 Å². The Kier molecular flexibility index (Phi) is 4.13. The van der Waals surface area contributed by atoms with Crippen molar-refractivity contribution >= 4 is 23.4 Å². The van der Waals surface area contributed by atoms with Crippen molar-refractivity contribution in [1.29, 1.82) is 0 Å². The second-order valence-electron chi connectivity index (χ2n) is 4.06. The molecule has 0 atom stereocenters. The number of hydrogen-bond acceptors (Lipinski definition) is 5. The van der Waals surface area contributed by atoms with E-state index in [0.717, 1.165) is 10.5 Å². The zero-order valence-corrected chi connectivity index (χ0v) is 11.3. The molecule has 2 rings (SSSR count). The fraction of sp³-hybridized carbons (Fsp3) is 0.154. The number of hydrazine groups is 1. The normalized spacial score (nSPS) is 10.4. The van der Waals surface area contributed by atoms with Crippen LogP contribution >= 0.6 is 11.8 Å². The van der Waals surface area contributed by atoms with Gasteiger partial charge in [0.2, 0.25) is 0 Å². The van der Waals surface area contributed by atoms with Gasteiger partial charge in [0.1, 0.15) is 5.76 Å². The Morgan fingerprint density at radius 2 is 2.21 bits per heavy atom. The molecule has 100 valence electrons. The number of benzene rings is 1. The molecular formula is C13H15N3O2S. The second kappa shape index (κ2) is 5.81. The number of rotatable bonds is 4. The highest BCUT2D eigenvalue weighted by molar-refractivity contribution is 7.98. The summed E-state index contributed by atoms with van der Waals surface area (Å²) in [5.74, 6) is 5.85. The average molecular weight is 277 g/mol. The van der Waals surface area contributed by atoms with Crippen molar-refractivity contribution in [2.24, 2.45) is 5.84 Å². The summed E-state index contributed by atoms with van der Waals surface area (Å²) in [6.07, 6.45) is 1.47. The van der Waals surface area contributed by atoms with E-state index in [1.165, 1.54) is 18.0 Å². The first kappa shape index (κ1) is 13.5. The summed E-state index contributed by atoms with van der Waals surface area (Å²) in [7, 11) is 0. The zero-order valence-electron chi connectivity index (χ0n) is 10.5. The summed E-state index contributed by atoms with van der Waals surface area (Å²) >= 11 is 1.52. The SMILES string of the molecule is Cc1ccc(N)c(SCc2occc2C(=O)NN)c1. The van der Waals surface area contributed by atoms with Crippen molar-refractivity contribution in [1.82, 2.24) is 5.43 Å². The third kappa shape index (κ3) is 3.10. The van der Waals surface area contributed by atoms with Crippen molar-refractivity contribution in [2.45, 2.75) is 17.6 Å². The van der Waals surface area contributed by atoms with Gasteiger partial charge in [0, 0.05) is 10.6 Å². The molecule has 19 heavy (non-hydrogen) atoms. The molecule has 0 unspecified atom stereocenters. The summed E-state index contributed by atoms with van der Waals surface area (Å²) in [4.78, 5) is 12.5. The van der Waals surface area contributed by atoms with Crippen LogP contribution in [0.4, 0.5) is 5.69 Å². The molecule has 5 N–H and O–H groups in total. The number of nitrogens with two attached hydrogens (primary N) is 2. The third-order valence-electron chi connectivity index (χ3n) is 2.65. The van der Waals surface area contributed by atoms with E-state index >= 15 is 0 Å². The smallest absolute Gasteiger partial charge is 0.268 e. The van der Waals surface area contributed by atoms with Crippen molar-refractivity contribution in [3.05, 3.63) is 47.4 Å². The maximum Gasteiger partial charge on any atom is 0.268 e. The molecule has 5 nitrogen and oxygen atoms in total. The quantitative estimate of drug-likeness (QED) is 0.261. The number of hydrogen-bond donors (Lipinski definition) is 3. The van der Waals surface area contributed by atoms with Crippen LogP contribution in [0.2, 0.25) is 0 Å². The molecule has 0 radical (unpaired) electrons. The van der Waals surface area contributed by atoms with Gasteiger partial charge in [-0.1, -0.05) is 6.07 Å². The first-order valence-corrected chi connectivity index (χ1v) is 6.66. The Morgan fingerprint density at radius 1 is 1.42 bits per heavy atom. The fourth-order valence-electron chi connectivity index (χ4n) is 1.64. The average Bonchev–Trinajstić information content (AvgIpc) is 2.87. The maximum absolute atomic E-state index is 11.5. The zero-order chi connectivity index (χ0) is 13.8. The van der Waals surface area contributed by atoms with Crippen LogP contribution in [0, 0.1) is 6.92 Å². The summed E-state index contributed by atoms with van der Waals surface area (Å²) < 4.78 is 5.30. The molecule has 0 saturated heterocycles. The molecule has 1 heterocycles. The van der Waals surface area contributed by atoms with Gasteiger partial charge >= 0.3 is 0 Å². The molecule has 1 amide bonds. The number of nitrogens with one attached hydrogen (secondary N) is 1. The van der Waals surface area contributed by atoms with Gasteiger partial charge in [0.25, 0.3) is 5.91 Å². The van der Waals surface area contributed by atoms with Gasteiger partial charge in [-0.3, -0.25) is 10.2 Å². The molecule has 0 aliphatic carbocycles. The van der Waals surface area contributed by atoms with Crippen molar-refractivity contribution in [3.63, 3.8) is 0 Å². The molecule has 1 aromatic carbocycles. The molecule has 2 aromatic rings. The van der Waals surface area contributed by atoms with Crippen LogP contribution in [0.25, 0.3) is 0 Å². The molecule has 0 saturated carbocycles. The fourth-order valence-corrected chi connectivity index (χ4v) is 2.66. The Hall–Kier alpha value is -1.92. The molecule has 1 aromatic heterocycles. The molecule has 0 aliphatic rings. The molecular weight excluding hydrogens is 262 g/mol. The predicted molar refractivity (Wildman–Crippen MR) is 75.5 cm³/mol. The lowest BCUT2D eigenvalue weighted by molar-refractivity contribution is 0.0952. The highest BCUT2D eigenvalue weighted by atomic mass is 32.2. The van der Waals surface area contributed by atoms with Crippen LogP contribution in [0.5, 0.6) is 0 Å². The van der Waals surface area contributed by atoms with E-state index < -0.39 is 0 Å². The van der Waals surface area contributed by atoms with E-state index in [1.807, 2.05) is 25.1 Å². The monoisotopic (exact) mass is 277 g/mol. The van der Waals surface area contributed by atoms with Gasteiger partial charge in [-0.2, -0.15) is 0 Å². The summed E-state index contributed by atoms with van der Waals surface area (Å²) in [5.41, 5.74) is 10.3. The molecule has 6 heteroatoms. The largest absolute Gasteiger partial charge is 0.468 e. The minimum absolute atomic E-state index is 0.360. The number of aryl methyl sites for hydroxylation is 1. The number of carbonyl (C=O) groups excluding carboxylic acids is 1. The first-order valence-electron chi connectivity index (χ1n) is 5.68. The van der Waals surface area contributed by atoms with E-state index in [-0.39, 0.29) is 5.91 Å². The Morgan fingerprint density at radius 3 is 2.95 bits per heavy atom. The van der Waals surface area contributed by atoms with Gasteiger partial charge in [-0.05, 0) is 30.7 Å². The number of furan rings is 1. The summed E-state index contributed by atoms with van der Waals surface area (Å²) in [5, 5.41) is 0. The molecule has 0 spiro atoms. The first-order chi connectivity index (χ1) is 9.11. The number of nitrogen functional groups attached to an aromatic ring is 2. The molecule has 0 fully saturated rings. The lowest BCUT2D eigenvalue weighted by Crippen LogP contribution is -2.30. The van der Waals surface area contributed by atoms with Crippen LogP contribution in [-0.4, -0.2) is 5.91 Å². The highest BCUT2D eigenvalue weighted by Crippen LogP contribution is 2.30. The molecule has 0 bridgehead atoms. The number of anilines is 1. The Balaban J connectivity index is 2.13. The second-order valence-corrected chi connectivity index (χ2v) is 5.08. The number of thioether (sulfide) groups is 1. The molecule has 0 aliphatic heterocycles. The van der Waals surface area contributed by atoms with Gasteiger partial charge in [0.15, 0.2) is 0 Å². The topological polar surface area (TPSA) is 94.3 Å². The van der Waals surface area contributed by atoms with Crippen molar-refractivity contribution in [3.8, 4) is 0 Å². The number of carbonyl (C=O) groups is 1. The van der Waals surface area contributed by atoms with Crippen LogP contribution in [0.3, 0.4) is 0 Å². The Labute approximate surface area is 115 Å². The van der Waals surface area contributed by atoms with Gasteiger partial charge in [0.05, 0.1) is 17.6 Å². The Bertz CT molecular complexity index is 595. The van der Waals surface area contributed by atoms with E-state index in [4.69, 9.17) is 16.0 Å².